The minimum absolute atomic E-state index is 0.463. The maximum atomic E-state index is 10.2. The van der Waals surface area contributed by atoms with Crippen LogP contribution in [0.1, 0.15) is 18.9 Å². The highest BCUT2D eigenvalue weighted by atomic mass is 16.1. The van der Waals surface area contributed by atoms with Gasteiger partial charge in [-0.1, -0.05) is 37.3 Å². The Balaban J connectivity index is 2.46. The van der Waals surface area contributed by atoms with E-state index in [4.69, 9.17) is 0 Å². The van der Waals surface area contributed by atoms with E-state index >= 15 is 0 Å². The minimum atomic E-state index is 0.463. The molecule has 0 saturated heterocycles. The van der Waals surface area contributed by atoms with Crippen LogP contribution in [0.2, 0.25) is 0 Å². The normalized spacial score (nSPS) is 12.4. The molecule has 1 aromatic carbocycles. The van der Waals surface area contributed by atoms with E-state index in [1.165, 1.54) is 5.56 Å². The van der Waals surface area contributed by atoms with Crippen molar-refractivity contribution in [3.8, 4) is 0 Å². The molecule has 1 atom stereocenters. The summed E-state index contributed by atoms with van der Waals surface area (Å²) in [6.45, 7) is 2.10. The molecule has 0 N–H and O–H groups in total. The van der Waals surface area contributed by atoms with Gasteiger partial charge in [0.05, 0.1) is 0 Å². The average molecular weight is 162 g/mol. The van der Waals surface area contributed by atoms with Gasteiger partial charge in [0.15, 0.2) is 0 Å². The summed E-state index contributed by atoms with van der Waals surface area (Å²) in [6, 6.07) is 10.3. The van der Waals surface area contributed by atoms with E-state index in [1.54, 1.807) is 0 Å². The largest absolute Gasteiger partial charge is 0.303 e. The molecule has 0 amide bonds. The maximum Gasteiger partial charge on any atom is 0.120 e. The molecule has 64 valence electrons. The van der Waals surface area contributed by atoms with Crippen LogP contribution in [0, 0.1) is 5.92 Å². The molecule has 0 aliphatic carbocycles. The summed E-state index contributed by atoms with van der Waals surface area (Å²) >= 11 is 0. The second-order valence-electron chi connectivity index (χ2n) is 3.20. The first-order valence-corrected chi connectivity index (χ1v) is 4.30. The van der Waals surface area contributed by atoms with Crippen LogP contribution in [0.5, 0.6) is 0 Å². The van der Waals surface area contributed by atoms with Gasteiger partial charge in [-0.05, 0) is 17.9 Å². The van der Waals surface area contributed by atoms with Crippen molar-refractivity contribution >= 4 is 6.29 Å². The van der Waals surface area contributed by atoms with Gasteiger partial charge in [-0.3, -0.25) is 0 Å². The standard InChI is InChI=1S/C11H14O/c1-10(7-8-12)9-11-5-3-2-4-6-11/h2-6,8,10H,7,9H2,1H3. The zero-order valence-electron chi connectivity index (χ0n) is 7.36. The highest BCUT2D eigenvalue weighted by Crippen LogP contribution is 2.09. The van der Waals surface area contributed by atoms with E-state index in [2.05, 4.69) is 19.1 Å². The third-order valence-corrected chi connectivity index (χ3v) is 1.93. The number of rotatable bonds is 4. The van der Waals surface area contributed by atoms with Crippen molar-refractivity contribution in [1.82, 2.24) is 0 Å². The average Bonchev–Trinajstić information content (AvgIpc) is 2.06. The molecule has 0 bridgehead atoms. The number of carbonyl (C=O) groups excluding carboxylic acids is 1. The smallest absolute Gasteiger partial charge is 0.120 e. The van der Waals surface area contributed by atoms with Crippen molar-refractivity contribution in [2.24, 2.45) is 5.92 Å². The highest BCUT2D eigenvalue weighted by molar-refractivity contribution is 5.49. The van der Waals surface area contributed by atoms with Gasteiger partial charge in [0.2, 0.25) is 0 Å². The van der Waals surface area contributed by atoms with Gasteiger partial charge in [-0.2, -0.15) is 0 Å². The summed E-state index contributed by atoms with van der Waals surface area (Å²) in [7, 11) is 0. The Kier molecular flexibility index (Phi) is 3.52. The number of hydrogen-bond donors (Lipinski definition) is 0. The third kappa shape index (κ3) is 2.87. The second kappa shape index (κ2) is 4.70. The van der Waals surface area contributed by atoms with Crippen molar-refractivity contribution in [3.63, 3.8) is 0 Å². The Morgan fingerprint density at radius 1 is 1.33 bits per heavy atom. The van der Waals surface area contributed by atoms with Crippen LogP contribution in [0.15, 0.2) is 30.3 Å². The molecular weight excluding hydrogens is 148 g/mol. The zero-order valence-corrected chi connectivity index (χ0v) is 7.36. The van der Waals surface area contributed by atoms with Crippen LogP contribution in [0.4, 0.5) is 0 Å². The van der Waals surface area contributed by atoms with E-state index < -0.39 is 0 Å². The fourth-order valence-electron chi connectivity index (χ4n) is 1.26. The SMILES string of the molecule is CC(CC=O)Cc1ccccc1. The van der Waals surface area contributed by atoms with Gasteiger partial charge < -0.3 is 4.79 Å². The Bertz CT molecular complexity index is 228. The van der Waals surface area contributed by atoms with Gasteiger partial charge in [-0.25, -0.2) is 0 Å². The zero-order chi connectivity index (χ0) is 8.81. The van der Waals surface area contributed by atoms with Crippen LogP contribution >= 0.6 is 0 Å². The van der Waals surface area contributed by atoms with Gasteiger partial charge in [0.25, 0.3) is 0 Å². The molecular formula is C11H14O. The molecule has 0 saturated carbocycles. The van der Waals surface area contributed by atoms with Gasteiger partial charge >= 0.3 is 0 Å². The van der Waals surface area contributed by atoms with Crippen LogP contribution in [-0.2, 0) is 11.2 Å². The van der Waals surface area contributed by atoms with E-state index in [9.17, 15) is 4.79 Å². The molecule has 0 heterocycles. The van der Waals surface area contributed by atoms with Crippen LogP contribution in [0.3, 0.4) is 0 Å². The minimum Gasteiger partial charge on any atom is -0.303 e. The van der Waals surface area contributed by atoms with E-state index in [1.807, 2.05) is 18.2 Å². The number of benzene rings is 1. The molecule has 0 aliphatic heterocycles. The van der Waals surface area contributed by atoms with Crippen molar-refractivity contribution < 1.29 is 4.79 Å². The highest BCUT2D eigenvalue weighted by Gasteiger charge is 2.01. The molecule has 0 aromatic heterocycles. The fourth-order valence-corrected chi connectivity index (χ4v) is 1.26. The molecule has 1 rings (SSSR count). The fraction of sp³-hybridized carbons (Fsp3) is 0.364. The Labute approximate surface area is 73.4 Å². The third-order valence-electron chi connectivity index (χ3n) is 1.93. The van der Waals surface area contributed by atoms with Crippen molar-refractivity contribution in [2.75, 3.05) is 0 Å². The quantitative estimate of drug-likeness (QED) is 0.621. The lowest BCUT2D eigenvalue weighted by atomic mass is 9.99. The molecule has 0 fully saturated rings. The van der Waals surface area contributed by atoms with Crippen molar-refractivity contribution in [3.05, 3.63) is 35.9 Å². The topological polar surface area (TPSA) is 17.1 Å². The molecule has 0 spiro atoms. The molecule has 1 aromatic rings. The lowest BCUT2D eigenvalue weighted by Crippen LogP contribution is -1.99. The Hall–Kier alpha value is -1.11. The summed E-state index contributed by atoms with van der Waals surface area (Å²) in [5.74, 6) is 0.463. The summed E-state index contributed by atoms with van der Waals surface area (Å²) in [6.07, 6.45) is 2.65. The number of carbonyl (C=O) groups is 1. The lowest BCUT2D eigenvalue weighted by molar-refractivity contribution is -0.108. The Morgan fingerprint density at radius 3 is 2.58 bits per heavy atom. The van der Waals surface area contributed by atoms with Crippen molar-refractivity contribution in [1.29, 1.82) is 0 Å². The van der Waals surface area contributed by atoms with Crippen LogP contribution in [0.25, 0.3) is 0 Å². The predicted octanol–water partition coefficient (Wildman–Crippen LogP) is 2.45. The lowest BCUT2D eigenvalue weighted by Gasteiger charge is -2.06. The van der Waals surface area contributed by atoms with E-state index in [0.717, 1.165) is 12.7 Å². The molecule has 1 nitrogen and oxygen atoms in total. The van der Waals surface area contributed by atoms with E-state index in [-0.39, 0.29) is 0 Å². The summed E-state index contributed by atoms with van der Waals surface area (Å²) in [5.41, 5.74) is 1.31. The second-order valence-corrected chi connectivity index (χ2v) is 3.20. The van der Waals surface area contributed by atoms with Crippen molar-refractivity contribution in [2.45, 2.75) is 19.8 Å². The molecule has 1 heteroatoms. The summed E-state index contributed by atoms with van der Waals surface area (Å²) in [4.78, 5) is 10.2. The summed E-state index contributed by atoms with van der Waals surface area (Å²) in [5, 5.41) is 0. The molecule has 0 aliphatic rings. The van der Waals surface area contributed by atoms with Crippen LogP contribution < -0.4 is 0 Å². The van der Waals surface area contributed by atoms with E-state index in [0.29, 0.717) is 12.3 Å². The first-order valence-electron chi connectivity index (χ1n) is 4.30. The van der Waals surface area contributed by atoms with Gasteiger partial charge in [-0.15, -0.1) is 0 Å². The number of hydrogen-bond acceptors (Lipinski definition) is 1. The summed E-state index contributed by atoms with van der Waals surface area (Å²) < 4.78 is 0. The first kappa shape index (κ1) is 8.98. The maximum absolute atomic E-state index is 10.2. The molecule has 0 radical (unpaired) electrons. The Morgan fingerprint density at radius 2 is 2.00 bits per heavy atom. The molecule has 1 unspecified atom stereocenters. The first-order chi connectivity index (χ1) is 5.83. The predicted molar refractivity (Wildman–Crippen MR) is 50.0 cm³/mol. The van der Waals surface area contributed by atoms with Gasteiger partial charge in [0, 0.05) is 6.42 Å². The van der Waals surface area contributed by atoms with Crippen LogP contribution in [-0.4, -0.2) is 6.29 Å². The molecule has 12 heavy (non-hydrogen) atoms. The monoisotopic (exact) mass is 162 g/mol. The number of aldehydes is 1. The van der Waals surface area contributed by atoms with Gasteiger partial charge in [0.1, 0.15) is 6.29 Å².